The first-order valence-corrected chi connectivity index (χ1v) is 8.40. The SMILES string of the molecule is Cc1ccc(CN(C[C@@H](C)O)C(C)Cc2ccc(Cl)cc2)cn1. The molecule has 3 nitrogen and oxygen atoms in total. The van der Waals surface area contributed by atoms with Crippen LogP contribution in [0.5, 0.6) is 0 Å². The number of aryl methyl sites for hydroxylation is 1. The molecule has 2 atom stereocenters. The molecule has 0 aliphatic carbocycles. The molecular weight excluding hydrogens is 308 g/mol. The first kappa shape index (κ1) is 17.9. The predicted octanol–water partition coefficient (Wildman–Crippen LogP) is 3.86. The first-order chi connectivity index (χ1) is 10.9. The average Bonchev–Trinajstić information content (AvgIpc) is 2.50. The third kappa shape index (κ3) is 5.94. The predicted molar refractivity (Wildman–Crippen MR) is 95.7 cm³/mol. The van der Waals surface area contributed by atoms with Gasteiger partial charge < -0.3 is 5.11 Å². The van der Waals surface area contributed by atoms with Gasteiger partial charge >= 0.3 is 0 Å². The maximum atomic E-state index is 9.82. The third-order valence-corrected chi connectivity index (χ3v) is 4.18. The van der Waals surface area contributed by atoms with Crippen molar-refractivity contribution in [3.05, 3.63) is 64.4 Å². The molecule has 1 aromatic heterocycles. The van der Waals surface area contributed by atoms with Crippen LogP contribution < -0.4 is 0 Å². The number of rotatable bonds is 7. The van der Waals surface area contributed by atoms with Gasteiger partial charge in [-0.15, -0.1) is 0 Å². The smallest absolute Gasteiger partial charge is 0.0639 e. The highest BCUT2D eigenvalue weighted by molar-refractivity contribution is 6.30. The van der Waals surface area contributed by atoms with Crippen LogP contribution >= 0.6 is 11.6 Å². The Bertz CT molecular complexity index is 596. The molecule has 2 rings (SSSR count). The Labute approximate surface area is 143 Å². The van der Waals surface area contributed by atoms with Gasteiger partial charge in [0, 0.05) is 36.0 Å². The lowest BCUT2D eigenvalue weighted by atomic mass is 10.0. The Balaban J connectivity index is 2.06. The fourth-order valence-electron chi connectivity index (χ4n) is 2.66. The van der Waals surface area contributed by atoms with Crippen LogP contribution in [-0.2, 0) is 13.0 Å². The van der Waals surface area contributed by atoms with E-state index in [4.69, 9.17) is 11.6 Å². The molecule has 0 spiro atoms. The quantitative estimate of drug-likeness (QED) is 0.836. The van der Waals surface area contributed by atoms with Crippen LogP contribution in [0.2, 0.25) is 5.02 Å². The zero-order valence-corrected chi connectivity index (χ0v) is 14.8. The Morgan fingerprint density at radius 1 is 1.09 bits per heavy atom. The van der Waals surface area contributed by atoms with Crippen LogP contribution in [0.1, 0.15) is 30.7 Å². The van der Waals surface area contributed by atoms with E-state index in [1.165, 1.54) is 11.1 Å². The largest absolute Gasteiger partial charge is 0.392 e. The van der Waals surface area contributed by atoms with Crippen molar-refractivity contribution in [2.45, 2.75) is 45.9 Å². The minimum absolute atomic E-state index is 0.312. The Morgan fingerprint density at radius 3 is 2.30 bits per heavy atom. The summed E-state index contributed by atoms with van der Waals surface area (Å²) in [5.74, 6) is 0. The number of pyridine rings is 1. The van der Waals surface area contributed by atoms with Crippen molar-refractivity contribution >= 4 is 11.6 Å². The molecule has 1 aromatic carbocycles. The molecule has 23 heavy (non-hydrogen) atoms. The fourth-order valence-corrected chi connectivity index (χ4v) is 2.78. The van der Waals surface area contributed by atoms with Crippen LogP contribution in [0.15, 0.2) is 42.6 Å². The summed E-state index contributed by atoms with van der Waals surface area (Å²) in [5, 5.41) is 10.6. The van der Waals surface area contributed by atoms with Gasteiger partial charge in [0.25, 0.3) is 0 Å². The monoisotopic (exact) mass is 332 g/mol. The topological polar surface area (TPSA) is 36.4 Å². The molecule has 0 bridgehead atoms. The molecular formula is C19H25ClN2O. The number of hydrogen-bond donors (Lipinski definition) is 1. The summed E-state index contributed by atoms with van der Waals surface area (Å²) < 4.78 is 0. The molecule has 1 heterocycles. The van der Waals surface area contributed by atoms with Crippen molar-refractivity contribution in [2.75, 3.05) is 6.54 Å². The van der Waals surface area contributed by atoms with E-state index in [-0.39, 0.29) is 6.10 Å². The van der Waals surface area contributed by atoms with Gasteiger partial charge in [-0.05, 0) is 56.5 Å². The molecule has 0 radical (unpaired) electrons. The van der Waals surface area contributed by atoms with Crippen LogP contribution in [-0.4, -0.2) is 33.7 Å². The number of aliphatic hydroxyl groups is 1. The summed E-state index contributed by atoms with van der Waals surface area (Å²) in [6, 6.07) is 12.4. The van der Waals surface area contributed by atoms with Crippen LogP contribution in [0.25, 0.3) is 0 Å². The van der Waals surface area contributed by atoms with E-state index >= 15 is 0 Å². The van der Waals surface area contributed by atoms with Crippen molar-refractivity contribution in [1.82, 2.24) is 9.88 Å². The zero-order valence-electron chi connectivity index (χ0n) is 14.0. The van der Waals surface area contributed by atoms with Gasteiger partial charge in [0.1, 0.15) is 0 Å². The molecule has 0 aliphatic rings. The van der Waals surface area contributed by atoms with Gasteiger partial charge in [0.05, 0.1) is 6.10 Å². The number of hydrogen-bond acceptors (Lipinski definition) is 3. The normalized spacial score (nSPS) is 14.0. The molecule has 1 unspecified atom stereocenters. The highest BCUT2D eigenvalue weighted by atomic mass is 35.5. The summed E-state index contributed by atoms with van der Waals surface area (Å²) in [6.45, 7) is 7.43. The van der Waals surface area contributed by atoms with Gasteiger partial charge in [-0.2, -0.15) is 0 Å². The fraction of sp³-hybridized carbons (Fsp3) is 0.421. The lowest BCUT2D eigenvalue weighted by molar-refractivity contribution is 0.0972. The standard InChI is InChI=1S/C19H25ClN2O/c1-14-4-5-18(11-21-14)13-22(12-16(3)23)15(2)10-17-6-8-19(20)9-7-17/h4-9,11,15-16,23H,10,12-13H2,1-3H3/t15?,16-/m1/s1. The van der Waals surface area contributed by atoms with Gasteiger partial charge in [-0.3, -0.25) is 9.88 Å². The van der Waals surface area contributed by atoms with Gasteiger partial charge in [-0.1, -0.05) is 29.8 Å². The van der Waals surface area contributed by atoms with Crippen LogP contribution in [0, 0.1) is 6.92 Å². The lowest BCUT2D eigenvalue weighted by Gasteiger charge is -2.30. The molecule has 0 aliphatic heterocycles. The molecule has 0 saturated heterocycles. The number of halogens is 1. The van der Waals surface area contributed by atoms with Crippen molar-refractivity contribution in [3.63, 3.8) is 0 Å². The van der Waals surface area contributed by atoms with E-state index in [1.54, 1.807) is 0 Å². The Hall–Kier alpha value is -1.42. The molecule has 0 amide bonds. The van der Waals surface area contributed by atoms with Crippen molar-refractivity contribution < 1.29 is 5.11 Å². The molecule has 1 N–H and O–H groups in total. The second kappa shape index (κ2) is 8.44. The van der Waals surface area contributed by atoms with E-state index in [1.807, 2.05) is 38.2 Å². The van der Waals surface area contributed by atoms with E-state index in [9.17, 15) is 5.11 Å². The van der Waals surface area contributed by atoms with E-state index < -0.39 is 0 Å². The average molecular weight is 333 g/mol. The number of benzene rings is 1. The molecule has 4 heteroatoms. The van der Waals surface area contributed by atoms with E-state index in [2.05, 4.69) is 35.0 Å². The summed E-state index contributed by atoms with van der Waals surface area (Å²) in [4.78, 5) is 6.66. The van der Waals surface area contributed by atoms with Crippen molar-refractivity contribution in [2.24, 2.45) is 0 Å². The summed E-state index contributed by atoms with van der Waals surface area (Å²) >= 11 is 5.95. The lowest BCUT2D eigenvalue weighted by Crippen LogP contribution is -2.39. The minimum atomic E-state index is -0.360. The molecule has 0 saturated carbocycles. The van der Waals surface area contributed by atoms with Crippen molar-refractivity contribution in [3.8, 4) is 0 Å². The van der Waals surface area contributed by atoms with Crippen molar-refractivity contribution in [1.29, 1.82) is 0 Å². The van der Waals surface area contributed by atoms with E-state index in [0.717, 1.165) is 23.7 Å². The summed E-state index contributed by atoms with van der Waals surface area (Å²) in [7, 11) is 0. The maximum absolute atomic E-state index is 9.82. The van der Waals surface area contributed by atoms with E-state index in [0.29, 0.717) is 12.6 Å². The molecule has 124 valence electrons. The maximum Gasteiger partial charge on any atom is 0.0639 e. The number of nitrogens with zero attached hydrogens (tertiary/aromatic N) is 2. The number of aliphatic hydroxyl groups excluding tert-OH is 1. The summed E-state index contributed by atoms with van der Waals surface area (Å²) in [5.41, 5.74) is 3.43. The van der Waals surface area contributed by atoms with Gasteiger partial charge in [0.15, 0.2) is 0 Å². The first-order valence-electron chi connectivity index (χ1n) is 8.02. The summed E-state index contributed by atoms with van der Waals surface area (Å²) in [6.07, 6.45) is 2.48. The molecule has 0 fully saturated rings. The van der Waals surface area contributed by atoms with Gasteiger partial charge in [-0.25, -0.2) is 0 Å². The Morgan fingerprint density at radius 2 is 1.74 bits per heavy atom. The van der Waals surface area contributed by atoms with Gasteiger partial charge in [0.2, 0.25) is 0 Å². The Kier molecular flexibility index (Phi) is 6.58. The molecule has 2 aromatic rings. The van der Waals surface area contributed by atoms with Crippen LogP contribution in [0.3, 0.4) is 0 Å². The highest BCUT2D eigenvalue weighted by Crippen LogP contribution is 2.16. The second-order valence-corrected chi connectivity index (χ2v) is 6.70. The highest BCUT2D eigenvalue weighted by Gasteiger charge is 2.17. The number of aromatic nitrogens is 1. The minimum Gasteiger partial charge on any atom is -0.392 e. The second-order valence-electron chi connectivity index (χ2n) is 6.27. The zero-order chi connectivity index (χ0) is 16.8. The third-order valence-electron chi connectivity index (χ3n) is 3.92. The van der Waals surface area contributed by atoms with Crippen LogP contribution in [0.4, 0.5) is 0 Å².